The third kappa shape index (κ3) is 3.98. The molecule has 0 amide bonds. The molecule has 0 aliphatic carbocycles. The molecule has 0 aliphatic rings. The second-order valence-electron chi connectivity index (χ2n) is 3.63. The normalized spacial score (nSPS) is 11.3. The Hall–Kier alpha value is -1.57. The first-order chi connectivity index (χ1) is 7.09. The van der Waals surface area contributed by atoms with Crippen LogP contribution >= 0.6 is 0 Å². The number of hydrogen-bond acceptors (Lipinski definition) is 2. The second kappa shape index (κ2) is 5.35. The molecule has 0 fully saturated rings. The van der Waals surface area contributed by atoms with Crippen LogP contribution in [0.4, 0.5) is 0 Å². The number of ether oxygens (including phenoxy) is 1. The SMILES string of the molecule is CC(=O)OCC(C)=Cc1ccccc1C. The van der Waals surface area contributed by atoms with Gasteiger partial charge in [-0.15, -0.1) is 0 Å². The number of aryl methyl sites for hydroxylation is 1. The molecule has 0 N–H and O–H groups in total. The fourth-order valence-corrected chi connectivity index (χ4v) is 1.27. The molecule has 2 heteroatoms. The highest BCUT2D eigenvalue weighted by Crippen LogP contribution is 2.11. The lowest BCUT2D eigenvalue weighted by Gasteiger charge is -2.04. The Kier molecular flexibility index (Phi) is 4.10. The summed E-state index contributed by atoms with van der Waals surface area (Å²) in [6.07, 6.45) is 2.04. The molecule has 0 bridgehead atoms. The van der Waals surface area contributed by atoms with Gasteiger partial charge in [-0.2, -0.15) is 0 Å². The summed E-state index contributed by atoms with van der Waals surface area (Å²) in [6.45, 7) is 5.80. The Bertz CT molecular complexity index is 378. The molecule has 0 atom stereocenters. The number of esters is 1. The van der Waals surface area contributed by atoms with Crippen molar-refractivity contribution in [2.24, 2.45) is 0 Å². The van der Waals surface area contributed by atoms with E-state index in [0.29, 0.717) is 6.61 Å². The van der Waals surface area contributed by atoms with E-state index in [1.165, 1.54) is 18.1 Å². The van der Waals surface area contributed by atoms with Crippen LogP contribution in [-0.2, 0) is 9.53 Å². The average Bonchev–Trinajstić information content (AvgIpc) is 2.18. The maximum absolute atomic E-state index is 10.6. The number of rotatable bonds is 3. The minimum atomic E-state index is -0.243. The molecule has 0 unspecified atom stereocenters. The van der Waals surface area contributed by atoms with Gasteiger partial charge >= 0.3 is 5.97 Å². The molecule has 0 aromatic heterocycles. The zero-order valence-electron chi connectivity index (χ0n) is 9.41. The van der Waals surface area contributed by atoms with Gasteiger partial charge in [0.2, 0.25) is 0 Å². The topological polar surface area (TPSA) is 26.3 Å². The summed E-state index contributed by atoms with van der Waals surface area (Å²) in [5.74, 6) is -0.243. The van der Waals surface area contributed by atoms with E-state index in [0.717, 1.165) is 5.57 Å². The largest absolute Gasteiger partial charge is 0.461 e. The van der Waals surface area contributed by atoms with Crippen molar-refractivity contribution in [3.05, 3.63) is 41.0 Å². The number of carbonyl (C=O) groups excluding carboxylic acids is 1. The highest BCUT2D eigenvalue weighted by molar-refractivity contribution is 5.66. The van der Waals surface area contributed by atoms with Gasteiger partial charge in [-0.25, -0.2) is 0 Å². The van der Waals surface area contributed by atoms with E-state index in [1.807, 2.05) is 31.2 Å². The first-order valence-electron chi connectivity index (χ1n) is 4.96. The van der Waals surface area contributed by atoms with Crippen LogP contribution in [-0.4, -0.2) is 12.6 Å². The molecule has 0 saturated carbocycles. The molecule has 0 spiro atoms. The third-order valence-electron chi connectivity index (χ3n) is 2.09. The third-order valence-corrected chi connectivity index (χ3v) is 2.09. The van der Waals surface area contributed by atoms with Crippen molar-refractivity contribution in [1.82, 2.24) is 0 Å². The lowest BCUT2D eigenvalue weighted by Crippen LogP contribution is -2.01. The molecular weight excluding hydrogens is 188 g/mol. The van der Waals surface area contributed by atoms with Crippen LogP contribution in [0, 0.1) is 6.92 Å². The zero-order chi connectivity index (χ0) is 11.3. The molecule has 1 aromatic rings. The van der Waals surface area contributed by atoms with E-state index >= 15 is 0 Å². The van der Waals surface area contributed by atoms with Crippen LogP contribution in [0.1, 0.15) is 25.0 Å². The molecule has 0 heterocycles. The maximum Gasteiger partial charge on any atom is 0.302 e. The molecule has 2 nitrogen and oxygen atoms in total. The average molecular weight is 204 g/mol. The van der Waals surface area contributed by atoms with Crippen molar-refractivity contribution in [1.29, 1.82) is 0 Å². The highest BCUT2D eigenvalue weighted by Gasteiger charge is 1.97. The Morgan fingerprint density at radius 1 is 1.33 bits per heavy atom. The summed E-state index contributed by atoms with van der Waals surface area (Å²) >= 11 is 0. The first kappa shape index (κ1) is 11.5. The van der Waals surface area contributed by atoms with Crippen molar-refractivity contribution >= 4 is 12.0 Å². The van der Waals surface area contributed by atoms with Gasteiger partial charge in [-0.3, -0.25) is 4.79 Å². The second-order valence-corrected chi connectivity index (χ2v) is 3.63. The van der Waals surface area contributed by atoms with Gasteiger partial charge in [0, 0.05) is 6.92 Å². The van der Waals surface area contributed by atoms with Crippen LogP contribution < -0.4 is 0 Å². The van der Waals surface area contributed by atoms with Gasteiger partial charge in [-0.05, 0) is 30.5 Å². The molecule has 15 heavy (non-hydrogen) atoms. The quantitative estimate of drug-likeness (QED) is 0.707. The van der Waals surface area contributed by atoms with E-state index < -0.39 is 0 Å². The maximum atomic E-state index is 10.6. The zero-order valence-corrected chi connectivity index (χ0v) is 9.41. The highest BCUT2D eigenvalue weighted by atomic mass is 16.5. The van der Waals surface area contributed by atoms with Gasteiger partial charge in [0.05, 0.1) is 0 Å². The molecule has 0 aliphatic heterocycles. The van der Waals surface area contributed by atoms with Crippen LogP contribution in [0.3, 0.4) is 0 Å². The standard InChI is InChI=1S/C13H16O2/c1-10(9-15-12(3)14)8-13-7-5-4-6-11(13)2/h4-8H,9H2,1-3H3. The van der Waals surface area contributed by atoms with Crippen molar-refractivity contribution in [2.75, 3.05) is 6.61 Å². The van der Waals surface area contributed by atoms with Crippen molar-refractivity contribution < 1.29 is 9.53 Å². The van der Waals surface area contributed by atoms with E-state index in [4.69, 9.17) is 4.74 Å². The van der Waals surface area contributed by atoms with Gasteiger partial charge in [-0.1, -0.05) is 30.3 Å². The number of hydrogen-bond donors (Lipinski definition) is 0. The summed E-state index contributed by atoms with van der Waals surface area (Å²) in [5.41, 5.74) is 3.43. The summed E-state index contributed by atoms with van der Waals surface area (Å²) < 4.78 is 4.91. The summed E-state index contributed by atoms with van der Waals surface area (Å²) in [5, 5.41) is 0. The van der Waals surface area contributed by atoms with Crippen molar-refractivity contribution in [2.45, 2.75) is 20.8 Å². The van der Waals surface area contributed by atoms with E-state index in [9.17, 15) is 4.79 Å². The van der Waals surface area contributed by atoms with Crippen LogP contribution in [0.2, 0.25) is 0 Å². The number of carbonyl (C=O) groups is 1. The molecule has 0 saturated heterocycles. The monoisotopic (exact) mass is 204 g/mol. The van der Waals surface area contributed by atoms with Crippen LogP contribution in [0.25, 0.3) is 6.08 Å². The first-order valence-corrected chi connectivity index (χ1v) is 4.96. The number of benzene rings is 1. The molecule has 1 aromatic carbocycles. The van der Waals surface area contributed by atoms with Gasteiger partial charge in [0.25, 0.3) is 0 Å². The predicted molar refractivity (Wildman–Crippen MR) is 61.5 cm³/mol. The Balaban J connectivity index is 2.70. The minimum absolute atomic E-state index is 0.243. The van der Waals surface area contributed by atoms with E-state index in [2.05, 4.69) is 13.0 Å². The van der Waals surface area contributed by atoms with Gasteiger partial charge in [0.15, 0.2) is 0 Å². The minimum Gasteiger partial charge on any atom is -0.461 e. The van der Waals surface area contributed by atoms with E-state index in [-0.39, 0.29) is 5.97 Å². The van der Waals surface area contributed by atoms with Gasteiger partial charge in [0.1, 0.15) is 6.61 Å². The molecule has 80 valence electrons. The fraction of sp³-hybridized carbons (Fsp3) is 0.308. The summed E-state index contributed by atoms with van der Waals surface area (Å²) in [4.78, 5) is 10.6. The van der Waals surface area contributed by atoms with E-state index in [1.54, 1.807) is 0 Å². The smallest absolute Gasteiger partial charge is 0.302 e. The predicted octanol–water partition coefficient (Wildman–Crippen LogP) is 2.96. The van der Waals surface area contributed by atoms with Gasteiger partial charge < -0.3 is 4.74 Å². The molecule has 0 radical (unpaired) electrons. The lowest BCUT2D eigenvalue weighted by molar-refractivity contribution is -0.139. The van der Waals surface area contributed by atoms with Crippen LogP contribution in [0.5, 0.6) is 0 Å². The molecule has 1 rings (SSSR count). The van der Waals surface area contributed by atoms with Crippen molar-refractivity contribution in [3.8, 4) is 0 Å². The van der Waals surface area contributed by atoms with Crippen LogP contribution in [0.15, 0.2) is 29.8 Å². The molecular formula is C13H16O2. The van der Waals surface area contributed by atoms with Crippen molar-refractivity contribution in [3.63, 3.8) is 0 Å². The fourth-order valence-electron chi connectivity index (χ4n) is 1.27. The summed E-state index contributed by atoms with van der Waals surface area (Å²) in [7, 11) is 0. The Morgan fingerprint density at radius 2 is 2.00 bits per heavy atom. The lowest BCUT2D eigenvalue weighted by atomic mass is 10.1. The Labute approximate surface area is 90.6 Å². The Morgan fingerprint density at radius 3 is 2.60 bits per heavy atom. The summed E-state index contributed by atoms with van der Waals surface area (Å²) in [6, 6.07) is 8.11.